The van der Waals surface area contributed by atoms with E-state index < -0.39 is 47.3 Å². The van der Waals surface area contributed by atoms with Crippen molar-refractivity contribution in [2.45, 2.75) is 98.4 Å². The van der Waals surface area contributed by atoms with Gasteiger partial charge >= 0.3 is 6.03 Å². The first kappa shape index (κ1) is 44.0. The monoisotopic (exact) mass is 811 g/mol. The Morgan fingerprint density at radius 1 is 0.966 bits per heavy atom. The molecule has 2 unspecified atom stereocenters. The van der Waals surface area contributed by atoms with Crippen molar-refractivity contribution >= 4 is 58.7 Å². The van der Waals surface area contributed by atoms with Crippen LogP contribution in [0.4, 0.5) is 27.9 Å². The van der Waals surface area contributed by atoms with Crippen LogP contribution in [0.15, 0.2) is 42.7 Å². The van der Waals surface area contributed by atoms with E-state index in [-0.39, 0.29) is 35.9 Å². The SMILES string of the molecule is Cc1ccc(Nc2ncc3c(n2)N(C)C(=O)N(c2cc(C(=O)NC(C(=O)N4CC[C@H]4C(=O)NC(C)(C)C(=O)NC(CC(C)C)C(=O)N(C)C)C(C)C)ccc2C)C3)cn1. The third-order valence-electron chi connectivity index (χ3n) is 10.5. The number of carbonyl (C=O) groups is 6. The smallest absolute Gasteiger partial charge is 0.330 e. The lowest BCUT2D eigenvalue weighted by Gasteiger charge is -2.43. The molecule has 17 heteroatoms. The Bertz CT molecular complexity index is 2100. The minimum Gasteiger partial charge on any atom is -0.347 e. The summed E-state index contributed by atoms with van der Waals surface area (Å²) in [6.07, 6.45) is 4.13. The largest absolute Gasteiger partial charge is 0.347 e. The summed E-state index contributed by atoms with van der Waals surface area (Å²) in [6.45, 7) is 14.8. The van der Waals surface area contributed by atoms with E-state index in [0.29, 0.717) is 48.1 Å². The van der Waals surface area contributed by atoms with E-state index in [1.807, 2.05) is 39.8 Å². The Hall–Kier alpha value is -6.13. The predicted molar refractivity (Wildman–Crippen MR) is 224 cm³/mol. The average Bonchev–Trinajstić information content (AvgIpc) is 3.14. The Morgan fingerprint density at radius 2 is 1.68 bits per heavy atom. The Balaban J connectivity index is 1.26. The van der Waals surface area contributed by atoms with Gasteiger partial charge in [-0.05, 0) is 82.2 Å². The number of urea groups is 1. The number of likely N-dealkylation sites (tertiary alicyclic amines) is 1. The number of hydrogen-bond donors (Lipinski definition) is 4. The summed E-state index contributed by atoms with van der Waals surface area (Å²) in [7, 11) is 4.86. The molecule has 1 aromatic carbocycles. The number of aryl methyl sites for hydroxylation is 2. The van der Waals surface area contributed by atoms with Crippen LogP contribution in [0.2, 0.25) is 0 Å². The van der Waals surface area contributed by atoms with Crippen molar-refractivity contribution in [3.05, 3.63) is 65.1 Å². The van der Waals surface area contributed by atoms with E-state index >= 15 is 0 Å². The third kappa shape index (κ3) is 9.95. The molecule has 2 aromatic heterocycles. The van der Waals surface area contributed by atoms with Gasteiger partial charge in [-0.1, -0.05) is 33.8 Å². The van der Waals surface area contributed by atoms with E-state index in [1.165, 1.54) is 14.7 Å². The molecule has 2 aliphatic heterocycles. The number of pyridine rings is 1. The molecule has 1 saturated heterocycles. The number of fused-ring (bicyclic) bond motifs is 1. The maximum atomic E-state index is 14.0. The molecule has 3 atom stereocenters. The summed E-state index contributed by atoms with van der Waals surface area (Å²) in [5.41, 5.74) is 2.38. The summed E-state index contributed by atoms with van der Waals surface area (Å²) in [4.78, 5) is 100. The molecule has 4 heterocycles. The highest BCUT2D eigenvalue weighted by molar-refractivity contribution is 6.07. The number of amides is 7. The topological polar surface area (TPSA) is 202 Å². The Labute approximate surface area is 345 Å². The number of rotatable bonds is 14. The molecule has 0 radical (unpaired) electrons. The molecule has 7 amide bonds. The fourth-order valence-corrected chi connectivity index (χ4v) is 6.90. The van der Waals surface area contributed by atoms with Crippen LogP contribution < -0.4 is 31.1 Å². The van der Waals surface area contributed by atoms with E-state index in [4.69, 9.17) is 0 Å². The standard InChI is InChI=1S/C42H57N11O6/c1-23(2)18-30(37(56)50(9)10)46-39(58)42(7,8)49-36(55)31-16-17-52(31)38(57)33(24(3)4)47-35(54)27-14-12-25(5)32(19-27)53-22-28-20-44-40(48-34(28)51(11)41(53)59)45-29-15-13-26(6)43-21-29/h12-15,19-21,23-24,30-31,33H,16-18,22H2,1-11H3,(H,46,58)(H,47,54)(H,49,55)(H,44,45,48)/t30?,31-,33?/m0/s1. The number of nitrogens with one attached hydrogen (secondary N) is 4. The van der Waals surface area contributed by atoms with Gasteiger partial charge in [0, 0.05) is 56.4 Å². The molecule has 17 nitrogen and oxygen atoms in total. The maximum Gasteiger partial charge on any atom is 0.330 e. The highest BCUT2D eigenvalue weighted by atomic mass is 16.2. The quantitative estimate of drug-likeness (QED) is 0.186. The molecular formula is C42H57N11O6. The van der Waals surface area contributed by atoms with E-state index in [1.54, 1.807) is 84.3 Å². The highest BCUT2D eigenvalue weighted by Gasteiger charge is 2.44. The van der Waals surface area contributed by atoms with Crippen LogP contribution in [-0.4, -0.2) is 112 Å². The van der Waals surface area contributed by atoms with Crippen molar-refractivity contribution in [3.8, 4) is 0 Å². The molecule has 5 rings (SSSR count). The van der Waals surface area contributed by atoms with Gasteiger partial charge in [0.2, 0.25) is 29.6 Å². The van der Waals surface area contributed by atoms with Gasteiger partial charge in [0.25, 0.3) is 5.91 Å². The molecule has 3 aromatic rings. The molecule has 0 bridgehead atoms. The van der Waals surface area contributed by atoms with Crippen LogP contribution in [0.1, 0.15) is 81.6 Å². The second-order valence-electron chi connectivity index (χ2n) is 16.8. The summed E-state index contributed by atoms with van der Waals surface area (Å²) < 4.78 is 0. The second kappa shape index (κ2) is 17.8. The number of aromatic nitrogens is 3. The molecule has 316 valence electrons. The van der Waals surface area contributed by atoms with Crippen molar-refractivity contribution in [1.82, 2.24) is 40.7 Å². The first-order valence-corrected chi connectivity index (χ1v) is 19.8. The van der Waals surface area contributed by atoms with Gasteiger partial charge in [-0.2, -0.15) is 4.98 Å². The van der Waals surface area contributed by atoms with Crippen molar-refractivity contribution in [1.29, 1.82) is 0 Å². The van der Waals surface area contributed by atoms with Gasteiger partial charge < -0.3 is 31.1 Å². The van der Waals surface area contributed by atoms with Gasteiger partial charge in [0.05, 0.1) is 18.4 Å². The van der Waals surface area contributed by atoms with E-state index in [2.05, 4.69) is 36.2 Å². The van der Waals surface area contributed by atoms with Crippen LogP contribution in [0.25, 0.3) is 0 Å². The lowest BCUT2D eigenvalue weighted by Crippen LogP contribution is -2.67. The fourth-order valence-electron chi connectivity index (χ4n) is 6.90. The minimum absolute atomic E-state index is 0.134. The summed E-state index contributed by atoms with van der Waals surface area (Å²) in [5, 5.41) is 11.6. The lowest BCUT2D eigenvalue weighted by atomic mass is 9.94. The van der Waals surface area contributed by atoms with Crippen molar-refractivity contribution in [2.75, 3.05) is 42.8 Å². The van der Waals surface area contributed by atoms with E-state index in [0.717, 1.165) is 11.3 Å². The minimum atomic E-state index is -1.39. The Morgan fingerprint density at radius 3 is 2.27 bits per heavy atom. The lowest BCUT2D eigenvalue weighted by molar-refractivity contribution is -0.151. The number of carbonyl (C=O) groups excluding carboxylic acids is 6. The summed E-state index contributed by atoms with van der Waals surface area (Å²) >= 11 is 0. The van der Waals surface area contributed by atoms with Crippen molar-refractivity contribution < 1.29 is 28.8 Å². The second-order valence-corrected chi connectivity index (χ2v) is 16.8. The van der Waals surface area contributed by atoms with Crippen molar-refractivity contribution in [3.63, 3.8) is 0 Å². The van der Waals surface area contributed by atoms with Gasteiger partial charge in [0.1, 0.15) is 29.5 Å². The van der Waals surface area contributed by atoms with Gasteiger partial charge in [-0.25, -0.2) is 9.78 Å². The van der Waals surface area contributed by atoms with Gasteiger partial charge in [0.15, 0.2) is 0 Å². The number of hydrogen-bond acceptors (Lipinski definition) is 10. The maximum absolute atomic E-state index is 14.0. The molecule has 0 spiro atoms. The van der Waals surface area contributed by atoms with Crippen LogP contribution in [-0.2, 0) is 25.7 Å². The molecule has 1 fully saturated rings. The zero-order valence-corrected chi connectivity index (χ0v) is 35.8. The zero-order valence-electron chi connectivity index (χ0n) is 35.8. The molecular weight excluding hydrogens is 755 g/mol. The number of benzene rings is 1. The predicted octanol–water partition coefficient (Wildman–Crippen LogP) is 3.68. The normalized spacial score (nSPS) is 16.2. The van der Waals surface area contributed by atoms with Crippen LogP contribution in [0.3, 0.4) is 0 Å². The van der Waals surface area contributed by atoms with Crippen LogP contribution in [0, 0.1) is 25.7 Å². The highest BCUT2D eigenvalue weighted by Crippen LogP contribution is 2.33. The van der Waals surface area contributed by atoms with Crippen LogP contribution in [0.5, 0.6) is 0 Å². The Kier molecular flexibility index (Phi) is 13.3. The van der Waals surface area contributed by atoms with Crippen molar-refractivity contribution in [2.24, 2.45) is 11.8 Å². The first-order chi connectivity index (χ1) is 27.7. The van der Waals surface area contributed by atoms with Gasteiger partial charge in [-0.15, -0.1) is 0 Å². The number of anilines is 4. The van der Waals surface area contributed by atoms with E-state index in [9.17, 15) is 28.8 Å². The summed E-state index contributed by atoms with van der Waals surface area (Å²) in [5.74, 6) is -1.69. The zero-order chi connectivity index (χ0) is 43.5. The molecule has 2 aliphatic rings. The van der Waals surface area contributed by atoms with Gasteiger partial charge in [-0.3, -0.25) is 38.8 Å². The third-order valence-corrected chi connectivity index (χ3v) is 10.5. The molecule has 59 heavy (non-hydrogen) atoms. The summed E-state index contributed by atoms with van der Waals surface area (Å²) in [6, 6.07) is 5.78. The fraction of sp³-hybridized carbons (Fsp3) is 0.500. The number of nitrogens with zero attached hydrogens (tertiary/aromatic N) is 7. The first-order valence-electron chi connectivity index (χ1n) is 19.8. The van der Waals surface area contributed by atoms with Crippen LogP contribution >= 0.6 is 0 Å². The number of likely N-dealkylation sites (N-methyl/N-ethyl adjacent to an activating group) is 1. The molecule has 4 N–H and O–H groups in total. The molecule has 0 saturated carbocycles. The molecule has 0 aliphatic carbocycles. The average molecular weight is 812 g/mol.